The molecule has 3 fully saturated rings. The van der Waals surface area contributed by atoms with Gasteiger partial charge in [0.25, 0.3) is 0 Å². The summed E-state index contributed by atoms with van der Waals surface area (Å²) in [7, 11) is 1.79. The van der Waals surface area contributed by atoms with Crippen LogP contribution in [0.5, 0.6) is 5.75 Å². The van der Waals surface area contributed by atoms with Gasteiger partial charge in [-0.3, -0.25) is 0 Å². The van der Waals surface area contributed by atoms with Crippen molar-refractivity contribution >= 4 is 16.7 Å². The van der Waals surface area contributed by atoms with Gasteiger partial charge in [-0.05, 0) is 62.7 Å². The Morgan fingerprint density at radius 1 is 1.15 bits per heavy atom. The van der Waals surface area contributed by atoms with E-state index in [1.54, 1.807) is 13.4 Å². The number of para-hydroxylation sites is 1. The third-order valence-electron chi connectivity index (χ3n) is 6.97. The topological polar surface area (TPSA) is 41.5 Å². The molecule has 3 heterocycles. The summed E-state index contributed by atoms with van der Waals surface area (Å²) in [5.41, 5.74) is 1.93. The number of aromatic nitrogens is 2. The second kappa shape index (κ2) is 7.06. The first-order valence-electron chi connectivity index (χ1n) is 10.1. The number of nitrogens with zero attached hydrogens (tertiary/aromatic N) is 4. The first kappa shape index (κ1) is 17.4. The maximum Gasteiger partial charge on any atom is 0.204 e. The molecule has 0 amide bonds. The highest BCUT2D eigenvalue weighted by molar-refractivity contribution is 7.09. The molecule has 27 heavy (non-hydrogen) atoms. The summed E-state index contributed by atoms with van der Waals surface area (Å²) >= 11 is 1.52. The zero-order valence-electron chi connectivity index (χ0n) is 16.0. The van der Waals surface area contributed by atoms with Crippen molar-refractivity contribution in [2.75, 3.05) is 38.2 Å². The number of hydrogen-bond donors (Lipinski definition) is 0. The van der Waals surface area contributed by atoms with Crippen molar-refractivity contribution in [3.05, 3.63) is 36.2 Å². The Bertz CT molecular complexity index is 766. The minimum absolute atomic E-state index is 0.538. The van der Waals surface area contributed by atoms with Gasteiger partial charge in [0, 0.05) is 36.1 Å². The molecule has 2 saturated heterocycles. The lowest BCUT2D eigenvalue weighted by Gasteiger charge is -2.48. The largest absolute Gasteiger partial charge is 0.496 e. The zero-order valence-corrected chi connectivity index (χ0v) is 16.8. The summed E-state index contributed by atoms with van der Waals surface area (Å²) in [6.07, 6.45) is 8.28. The summed E-state index contributed by atoms with van der Waals surface area (Å²) in [4.78, 5) is 9.55. The third-order valence-corrected chi connectivity index (χ3v) is 7.70. The minimum Gasteiger partial charge on any atom is -0.496 e. The quantitative estimate of drug-likeness (QED) is 0.802. The molecule has 1 aromatic carbocycles. The van der Waals surface area contributed by atoms with E-state index in [9.17, 15) is 0 Å². The number of likely N-dealkylation sites (tertiary alicyclic amines) is 1. The van der Waals surface area contributed by atoms with E-state index in [1.807, 2.05) is 0 Å². The van der Waals surface area contributed by atoms with Crippen LogP contribution >= 0.6 is 11.5 Å². The Morgan fingerprint density at radius 2 is 1.96 bits per heavy atom. The predicted molar refractivity (Wildman–Crippen MR) is 109 cm³/mol. The van der Waals surface area contributed by atoms with Crippen LogP contribution < -0.4 is 9.64 Å². The Balaban J connectivity index is 1.16. The summed E-state index contributed by atoms with van der Waals surface area (Å²) in [6, 6.07) is 9.34. The smallest absolute Gasteiger partial charge is 0.204 e. The average molecular weight is 385 g/mol. The molecule has 2 aromatic rings. The number of methoxy groups -OCH3 is 1. The second-order valence-corrected chi connectivity index (χ2v) is 9.29. The lowest BCUT2D eigenvalue weighted by atomic mass is 9.78. The third kappa shape index (κ3) is 3.23. The molecule has 0 unspecified atom stereocenters. The molecule has 1 spiro atoms. The van der Waals surface area contributed by atoms with Gasteiger partial charge in [-0.25, -0.2) is 4.98 Å². The van der Waals surface area contributed by atoms with Crippen LogP contribution in [0.2, 0.25) is 0 Å². The molecule has 6 heteroatoms. The Labute approximate surface area is 165 Å². The molecule has 3 aliphatic rings. The van der Waals surface area contributed by atoms with Gasteiger partial charge < -0.3 is 14.5 Å². The highest BCUT2D eigenvalue weighted by Gasteiger charge is 2.50. The molecule has 5 rings (SSSR count). The van der Waals surface area contributed by atoms with E-state index in [0.29, 0.717) is 11.3 Å². The lowest BCUT2D eigenvalue weighted by Crippen LogP contribution is -2.56. The number of anilines is 1. The van der Waals surface area contributed by atoms with Crippen LogP contribution in [0.4, 0.5) is 5.13 Å². The van der Waals surface area contributed by atoms with Gasteiger partial charge in [0.15, 0.2) is 0 Å². The van der Waals surface area contributed by atoms with Gasteiger partial charge in [-0.1, -0.05) is 18.2 Å². The van der Waals surface area contributed by atoms with E-state index in [-0.39, 0.29) is 0 Å². The van der Waals surface area contributed by atoms with E-state index in [0.717, 1.165) is 16.9 Å². The van der Waals surface area contributed by atoms with Crippen LogP contribution in [0.25, 0.3) is 0 Å². The van der Waals surface area contributed by atoms with Crippen molar-refractivity contribution in [1.29, 1.82) is 0 Å². The monoisotopic (exact) mass is 384 g/mol. The van der Waals surface area contributed by atoms with E-state index in [1.165, 1.54) is 75.4 Å². The first-order valence-corrected chi connectivity index (χ1v) is 10.9. The SMILES string of the molecule is COc1ccccc1C1CCN([C@@H]2CCC3(C2)CN(c2ncns2)C3)CC1. The fourth-order valence-corrected chi connectivity index (χ4v) is 6.09. The van der Waals surface area contributed by atoms with E-state index in [2.05, 4.69) is 43.4 Å². The molecule has 0 bridgehead atoms. The molecular formula is C21H28N4OS. The predicted octanol–water partition coefficient (Wildman–Crippen LogP) is 3.79. The lowest BCUT2D eigenvalue weighted by molar-refractivity contribution is 0.131. The van der Waals surface area contributed by atoms with Crippen molar-refractivity contribution in [2.45, 2.75) is 44.1 Å². The van der Waals surface area contributed by atoms with Gasteiger partial charge in [0.05, 0.1) is 7.11 Å². The molecule has 1 saturated carbocycles. The number of benzene rings is 1. The molecular weight excluding hydrogens is 356 g/mol. The summed E-state index contributed by atoms with van der Waals surface area (Å²) < 4.78 is 9.73. The summed E-state index contributed by atoms with van der Waals surface area (Å²) in [5.74, 6) is 1.70. The zero-order chi connectivity index (χ0) is 18.3. The van der Waals surface area contributed by atoms with Crippen LogP contribution in [0.1, 0.15) is 43.6 Å². The molecule has 1 aliphatic carbocycles. The Morgan fingerprint density at radius 3 is 2.70 bits per heavy atom. The highest BCUT2D eigenvalue weighted by atomic mass is 32.1. The molecule has 0 N–H and O–H groups in total. The van der Waals surface area contributed by atoms with Crippen LogP contribution in [-0.2, 0) is 0 Å². The van der Waals surface area contributed by atoms with Crippen LogP contribution in [0, 0.1) is 5.41 Å². The van der Waals surface area contributed by atoms with Crippen molar-refractivity contribution in [1.82, 2.24) is 14.3 Å². The van der Waals surface area contributed by atoms with Gasteiger partial charge >= 0.3 is 0 Å². The van der Waals surface area contributed by atoms with Crippen molar-refractivity contribution < 1.29 is 4.74 Å². The summed E-state index contributed by atoms with van der Waals surface area (Å²) in [5, 5.41) is 1.10. The molecule has 1 aromatic heterocycles. The average Bonchev–Trinajstić information content (AvgIpc) is 3.37. The fourth-order valence-electron chi connectivity index (χ4n) is 5.56. The van der Waals surface area contributed by atoms with Crippen molar-refractivity contribution in [2.24, 2.45) is 5.41 Å². The van der Waals surface area contributed by atoms with E-state index < -0.39 is 0 Å². The van der Waals surface area contributed by atoms with Gasteiger partial charge in [-0.15, -0.1) is 0 Å². The van der Waals surface area contributed by atoms with Crippen molar-refractivity contribution in [3.8, 4) is 5.75 Å². The Hall–Kier alpha value is -1.66. The molecule has 1 atom stereocenters. The summed E-state index contributed by atoms with van der Waals surface area (Å²) in [6.45, 7) is 4.81. The van der Waals surface area contributed by atoms with Crippen LogP contribution in [0.3, 0.4) is 0 Å². The molecule has 144 valence electrons. The fraction of sp³-hybridized carbons (Fsp3) is 0.619. The molecule has 0 radical (unpaired) electrons. The maximum atomic E-state index is 5.59. The standard InChI is InChI=1S/C21H28N4OS/c1-26-19-5-3-2-4-18(19)16-7-10-24(11-8-16)17-6-9-21(12-17)13-25(14-21)20-22-15-23-27-20/h2-5,15-17H,6-14H2,1H3/t17-/m1/s1. The normalized spacial score (nSPS) is 25.7. The number of hydrogen-bond acceptors (Lipinski definition) is 6. The number of rotatable bonds is 4. The first-order chi connectivity index (χ1) is 13.3. The van der Waals surface area contributed by atoms with Crippen LogP contribution in [0.15, 0.2) is 30.6 Å². The molecule has 5 nitrogen and oxygen atoms in total. The number of piperidine rings is 1. The van der Waals surface area contributed by atoms with Gasteiger partial charge in [0.1, 0.15) is 12.1 Å². The van der Waals surface area contributed by atoms with Crippen LogP contribution in [-0.4, -0.2) is 53.6 Å². The number of ether oxygens (including phenoxy) is 1. The Kier molecular flexibility index (Phi) is 4.56. The minimum atomic E-state index is 0.538. The second-order valence-electron chi connectivity index (χ2n) is 8.53. The van der Waals surface area contributed by atoms with Crippen molar-refractivity contribution in [3.63, 3.8) is 0 Å². The highest BCUT2D eigenvalue weighted by Crippen LogP contribution is 2.49. The van der Waals surface area contributed by atoms with Gasteiger partial charge in [0.2, 0.25) is 5.13 Å². The van der Waals surface area contributed by atoms with E-state index >= 15 is 0 Å². The van der Waals surface area contributed by atoms with Gasteiger partial charge in [-0.2, -0.15) is 4.37 Å². The van der Waals surface area contributed by atoms with E-state index in [4.69, 9.17) is 4.74 Å². The maximum absolute atomic E-state index is 5.59. The molecule has 2 aliphatic heterocycles.